The Bertz CT molecular complexity index is 277. The number of benzene rings is 1. The molecule has 1 heterocycles. The second-order valence-corrected chi connectivity index (χ2v) is 3.71. The Kier molecular flexibility index (Phi) is 3.04. The van der Waals surface area contributed by atoms with Crippen molar-refractivity contribution in [3.05, 3.63) is 29.8 Å². The highest BCUT2D eigenvalue weighted by Crippen LogP contribution is 2.24. The summed E-state index contributed by atoms with van der Waals surface area (Å²) < 4.78 is 5.52. The molecule has 2 nitrogen and oxygen atoms in total. The zero-order valence-corrected chi connectivity index (χ0v) is 8.62. The van der Waals surface area contributed by atoms with Crippen LogP contribution in [-0.2, 0) is 0 Å². The molecule has 0 amide bonds. The third-order valence-electron chi connectivity index (χ3n) is 2.58. The van der Waals surface area contributed by atoms with Crippen LogP contribution in [0.3, 0.4) is 0 Å². The minimum absolute atomic E-state index is 0.579. The summed E-state index contributed by atoms with van der Waals surface area (Å²) in [5.74, 6) is 0.981. The van der Waals surface area contributed by atoms with Gasteiger partial charge in [0, 0.05) is 6.04 Å². The summed E-state index contributed by atoms with van der Waals surface area (Å²) in [5.41, 5.74) is 1.38. The summed E-state index contributed by atoms with van der Waals surface area (Å²) in [4.78, 5) is 0. The number of hydrogen-bond donors (Lipinski definition) is 1. The van der Waals surface area contributed by atoms with Gasteiger partial charge in [-0.2, -0.15) is 0 Å². The molecule has 14 heavy (non-hydrogen) atoms. The Morgan fingerprint density at radius 3 is 2.57 bits per heavy atom. The van der Waals surface area contributed by atoms with E-state index in [9.17, 15) is 0 Å². The topological polar surface area (TPSA) is 21.3 Å². The molecule has 76 valence electrons. The predicted octanol–water partition coefficient (Wildman–Crippen LogP) is 2.51. The lowest BCUT2D eigenvalue weighted by Gasteiger charge is -2.28. The van der Waals surface area contributed by atoms with Crippen LogP contribution < -0.4 is 10.1 Å². The van der Waals surface area contributed by atoms with Gasteiger partial charge in [-0.25, -0.2) is 0 Å². The van der Waals surface area contributed by atoms with E-state index in [4.69, 9.17) is 4.74 Å². The summed E-state index contributed by atoms with van der Waals surface area (Å²) in [5, 5.41) is 3.38. The van der Waals surface area contributed by atoms with Crippen LogP contribution in [0.1, 0.15) is 31.4 Å². The van der Waals surface area contributed by atoms with Gasteiger partial charge in [-0.15, -0.1) is 0 Å². The molecule has 2 heteroatoms. The summed E-state index contributed by atoms with van der Waals surface area (Å²) >= 11 is 0. The second kappa shape index (κ2) is 4.47. The number of hydrogen-bond acceptors (Lipinski definition) is 2. The summed E-state index contributed by atoms with van der Waals surface area (Å²) in [6.45, 7) is 4.08. The largest absolute Gasteiger partial charge is 0.494 e. The lowest BCUT2D eigenvalue weighted by molar-refractivity contribution is 0.317. The predicted molar refractivity (Wildman–Crippen MR) is 57.6 cm³/mol. The molecule has 0 aromatic heterocycles. The maximum Gasteiger partial charge on any atom is 0.119 e. The molecule has 1 unspecified atom stereocenters. The molecule has 2 rings (SSSR count). The molecule has 0 aliphatic carbocycles. The quantitative estimate of drug-likeness (QED) is 0.789. The minimum Gasteiger partial charge on any atom is -0.494 e. The molecule has 1 aromatic carbocycles. The minimum atomic E-state index is 0.579. The monoisotopic (exact) mass is 191 g/mol. The van der Waals surface area contributed by atoms with Gasteiger partial charge in [-0.1, -0.05) is 19.1 Å². The standard InChI is InChI=1S/C12H17NO/c1-2-9-14-11-5-3-10(4-6-11)12-7-8-13-12/h3-6,12-13H,2,7-9H2,1H3. The van der Waals surface area contributed by atoms with Crippen molar-refractivity contribution in [2.24, 2.45) is 0 Å². The van der Waals surface area contributed by atoms with E-state index in [-0.39, 0.29) is 0 Å². The van der Waals surface area contributed by atoms with Crippen LogP contribution in [0.25, 0.3) is 0 Å². The van der Waals surface area contributed by atoms with Gasteiger partial charge < -0.3 is 10.1 Å². The van der Waals surface area contributed by atoms with E-state index in [1.54, 1.807) is 0 Å². The molecule has 1 saturated heterocycles. The molecule has 1 fully saturated rings. The Labute approximate surface area is 85.3 Å². The van der Waals surface area contributed by atoms with Crippen molar-refractivity contribution >= 4 is 0 Å². The molecular formula is C12H17NO. The fraction of sp³-hybridized carbons (Fsp3) is 0.500. The van der Waals surface area contributed by atoms with Crippen LogP contribution in [0, 0.1) is 0 Å². The Hall–Kier alpha value is -1.02. The molecule has 1 atom stereocenters. The van der Waals surface area contributed by atoms with E-state index in [0.717, 1.165) is 25.3 Å². The number of ether oxygens (including phenoxy) is 1. The molecule has 0 spiro atoms. The molecule has 1 aliphatic rings. The van der Waals surface area contributed by atoms with Crippen molar-refractivity contribution in [2.75, 3.05) is 13.2 Å². The molecule has 1 aromatic rings. The highest BCUT2D eigenvalue weighted by molar-refractivity contribution is 5.30. The highest BCUT2D eigenvalue weighted by atomic mass is 16.5. The van der Waals surface area contributed by atoms with Crippen LogP contribution in [-0.4, -0.2) is 13.2 Å². The third-order valence-corrected chi connectivity index (χ3v) is 2.58. The fourth-order valence-corrected chi connectivity index (χ4v) is 1.59. The zero-order valence-electron chi connectivity index (χ0n) is 8.62. The smallest absolute Gasteiger partial charge is 0.119 e. The van der Waals surface area contributed by atoms with Crippen molar-refractivity contribution in [3.63, 3.8) is 0 Å². The van der Waals surface area contributed by atoms with Gasteiger partial charge in [0.15, 0.2) is 0 Å². The number of nitrogens with one attached hydrogen (secondary N) is 1. The highest BCUT2D eigenvalue weighted by Gasteiger charge is 2.17. The average molecular weight is 191 g/mol. The van der Waals surface area contributed by atoms with E-state index >= 15 is 0 Å². The van der Waals surface area contributed by atoms with Gasteiger partial charge >= 0.3 is 0 Å². The number of rotatable bonds is 4. The summed E-state index contributed by atoms with van der Waals surface area (Å²) in [6, 6.07) is 9.01. The summed E-state index contributed by atoms with van der Waals surface area (Å²) in [7, 11) is 0. The van der Waals surface area contributed by atoms with Crippen LogP contribution in [0.2, 0.25) is 0 Å². The van der Waals surface area contributed by atoms with Crippen molar-refractivity contribution in [1.82, 2.24) is 5.32 Å². The fourth-order valence-electron chi connectivity index (χ4n) is 1.59. The second-order valence-electron chi connectivity index (χ2n) is 3.71. The normalized spacial score (nSPS) is 20.2. The van der Waals surface area contributed by atoms with Gasteiger partial charge in [0.1, 0.15) is 5.75 Å². The Morgan fingerprint density at radius 2 is 2.07 bits per heavy atom. The van der Waals surface area contributed by atoms with Crippen LogP contribution in [0.15, 0.2) is 24.3 Å². The lowest BCUT2D eigenvalue weighted by Crippen LogP contribution is -2.34. The molecular weight excluding hydrogens is 174 g/mol. The van der Waals surface area contributed by atoms with Gasteiger partial charge in [0.25, 0.3) is 0 Å². The van der Waals surface area contributed by atoms with E-state index in [1.165, 1.54) is 12.0 Å². The van der Waals surface area contributed by atoms with Crippen LogP contribution in [0.5, 0.6) is 5.75 Å². The Balaban J connectivity index is 1.95. The van der Waals surface area contributed by atoms with Crippen LogP contribution in [0.4, 0.5) is 0 Å². The first-order valence-corrected chi connectivity index (χ1v) is 5.36. The molecule has 1 N–H and O–H groups in total. The maximum atomic E-state index is 5.52. The van der Waals surface area contributed by atoms with E-state index < -0.39 is 0 Å². The zero-order chi connectivity index (χ0) is 9.80. The van der Waals surface area contributed by atoms with Gasteiger partial charge in [0.05, 0.1) is 6.61 Å². The van der Waals surface area contributed by atoms with E-state index in [2.05, 4.69) is 36.5 Å². The average Bonchev–Trinajstić information content (AvgIpc) is 2.14. The van der Waals surface area contributed by atoms with Crippen molar-refractivity contribution in [3.8, 4) is 5.75 Å². The van der Waals surface area contributed by atoms with Crippen molar-refractivity contribution in [1.29, 1.82) is 0 Å². The van der Waals surface area contributed by atoms with E-state index in [0.29, 0.717) is 6.04 Å². The molecule has 1 aliphatic heterocycles. The summed E-state index contributed by atoms with van der Waals surface area (Å²) in [6.07, 6.45) is 2.32. The van der Waals surface area contributed by atoms with Crippen LogP contribution >= 0.6 is 0 Å². The van der Waals surface area contributed by atoms with E-state index in [1.807, 2.05) is 0 Å². The van der Waals surface area contributed by atoms with Crippen molar-refractivity contribution in [2.45, 2.75) is 25.8 Å². The van der Waals surface area contributed by atoms with Gasteiger partial charge in [-0.05, 0) is 37.1 Å². The maximum absolute atomic E-state index is 5.52. The first kappa shape index (κ1) is 9.53. The first-order valence-electron chi connectivity index (χ1n) is 5.36. The first-order chi connectivity index (χ1) is 6.90. The van der Waals surface area contributed by atoms with Crippen molar-refractivity contribution < 1.29 is 4.74 Å². The lowest BCUT2D eigenvalue weighted by atomic mass is 9.98. The Morgan fingerprint density at radius 1 is 1.36 bits per heavy atom. The SMILES string of the molecule is CCCOc1ccc(C2CCN2)cc1. The molecule has 0 radical (unpaired) electrons. The van der Waals surface area contributed by atoms with Gasteiger partial charge in [-0.3, -0.25) is 0 Å². The molecule has 0 saturated carbocycles. The molecule has 0 bridgehead atoms. The van der Waals surface area contributed by atoms with Gasteiger partial charge in [0.2, 0.25) is 0 Å². The third kappa shape index (κ3) is 2.07.